The van der Waals surface area contributed by atoms with Gasteiger partial charge in [-0.1, -0.05) is 22.9 Å². The molecule has 1 spiro atoms. The predicted octanol–water partition coefficient (Wildman–Crippen LogP) is 3.60. The maximum atomic E-state index is 6.18. The minimum atomic E-state index is -0.327. The zero-order valence-electron chi connectivity index (χ0n) is 11.9. The van der Waals surface area contributed by atoms with Crippen LogP contribution in [-0.2, 0) is 9.47 Å². The smallest absolute Gasteiger partial charge is 0.186 e. The van der Waals surface area contributed by atoms with Gasteiger partial charge in [-0.15, -0.1) is 0 Å². The van der Waals surface area contributed by atoms with E-state index in [4.69, 9.17) is 26.1 Å². The molecule has 2 aliphatic heterocycles. The Kier molecular flexibility index (Phi) is 3.34. The highest BCUT2D eigenvalue weighted by atomic mass is 35.5. The van der Waals surface area contributed by atoms with E-state index in [1.54, 1.807) is 11.3 Å². The van der Waals surface area contributed by atoms with Gasteiger partial charge in [0.1, 0.15) is 0 Å². The largest absolute Gasteiger partial charge is 0.348 e. The zero-order chi connectivity index (χ0) is 14.4. The second-order valence-electron chi connectivity index (χ2n) is 5.61. The van der Waals surface area contributed by atoms with E-state index in [0.717, 1.165) is 60.4 Å². The molecule has 1 aromatic carbocycles. The first kappa shape index (κ1) is 13.8. The lowest BCUT2D eigenvalue weighted by molar-refractivity contribution is -0.169. The van der Waals surface area contributed by atoms with Crippen LogP contribution in [0.15, 0.2) is 12.1 Å². The van der Waals surface area contributed by atoms with Gasteiger partial charge in [0.15, 0.2) is 10.9 Å². The van der Waals surface area contributed by atoms with E-state index in [1.165, 1.54) is 4.70 Å². The van der Waals surface area contributed by atoms with Crippen LogP contribution in [0.5, 0.6) is 0 Å². The van der Waals surface area contributed by atoms with Crippen LogP contribution in [0.2, 0.25) is 5.02 Å². The first-order chi connectivity index (χ1) is 10.2. The molecule has 2 aromatic rings. The number of benzene rings is 1. The molecule has 2 saturated heterocycles. The van der Waals surface area contributed by atoms with Gasteiger partial charge in [0.25, 0.3) is 0 Å². The number of rotatable bonds is 1. The number of nitrogens with zero attached hydrogens (tertiary/aromatic N) is 2. The van der Waals surface area contributed by atoms with Crippen molar-refractivity contribution in [2.75, 3.05) is 31.2 Å². The van der Waals surface area contributed by atoms with Crippen molar-refractivity contribution in [3.8, 4) is 0 Å². The summed E-state index contributed by atoms with van der Waals surface area (Å²) in [6.07, 6.45) is 1.81. The molecule has 0 aliphatic carbocycles. The molecule has 2 fully saturated rings. The molecular weight excluding hydrogens is 308 g/mol. The number of aromatic nitrogens is 1. The van der Waals surface area contributed by atoms with Crippen molar-refractivity contribution < 1.29 is 9.47 Å². The molecule has 4 rings (SSSR count). The molecule has 0 bridgehead atoms. The van der Waals surface area contributed by atoms with Gasteiger partial charge in [-0.3, -0.25) is 0 Å². The van der Waals surface area contributed by atoms with Crippen molar-refractivity contribution in [2.24, 2.45) is 0 Å². The van der Waals surface area contributed by atoms with Crippen LogP contribution in [0.3, 0.4) is 0 Å². The van der Waals surface area contributed by atoms with E-state index in [0.29, 0.717) is 0 Å². The zero-order valence-corrected chi connectivity index (χ0v) is 13.5. The summed E-state index contributed by atoms with van der Waals surface area (Å²) in [5.74, 6) is -0.327. The topological polar surface area (TPSA) is 34.6 Å². The summed E-state index contributed by atoms with van der Waals surface area (Å²) in [7, 11) is 0. The summed E-state index contributed by atoms with van der Waals surface area (Å²) in [5.41, 5.74) is 2.09. The van der Waals surface area contributed by atoms with Gasteiger partial charge in [0.2, 0.25) is 0 Å². The Hall–Kier alpha value is -0.880. The summed E-state index contributed by atoms with van der Waals surface area (Å²) in [4.78, 5) is 7.12. The standard InChI is InChI=1S/C15H17ClN2O2S/c1-10-11(16)2-3-12-13(10)17-14(21-12)18-6-4-15(5-7-18)19-8-9-20-15/h2-3H,4-9H2,1H3. The summed E-state index contributed by atoms with van der Waals surface area (Å²) < 4.78 is 12.7. The SMILES string of the molecule is Cc1c(Cl)ccc2sc(N3CCC4(CC3)OCCO4)nc12. The van der Waals surface area contributed by atoms with Crippen molar-refractivity contribution in [3.05, 3.63) is 22.7 Å². The van der Waals surface area contributed by atoms with Gasteiger partial charge in [-0.25, -0.2) is 4.98 Å². The lowest BCUT2D eigenvalue weighted by atomic mass is 10.0. The Morgan fingerprint density at radius 2 is 1.95 bits per heavy atom. The number of ether oxygens (including phenoxy) is 2. The fourth-order valence-corrected chi connectivity index (χ4v) is 4.28. The Morgan fingerprint density at radius 1 is 1.24 bits per heavy atom. The first-order valence-electron chi connectivity index (χ1n) is 7.25. The average Bonchev–Trinajstić information content (AvgIpc) is 3.12. The highest BCUT2D eigenvalue weighted by molar-refractivity contribution is 7.22. The first-order valence-corrected chi connectivity index (χ1v) is 8.45. The maximum absolute atomic E-state index is 6.18. The van der Waals surface area contributed by atoms with Gasteiger partial charge >= 0.3 is 0 Å². The molecule has 0 amide bonds. The summed E-state index contributed by atoms with van der Waals surface area (Å²) in [6, 6.07) is 4.01. The molecular formula is C15H17ClN2O2S. The normalized spacial score (nSPS) is 21.5. The Bertz CT molecular complexity index is 672. The molecule has 21 heavy (non-hydrogen) atoms. The number of fused-ring (bicyclic) bond motifs is 1. The van der Waals surface area contributed by atoms with Gasteiger partial charge in [0, 0.05) is 31.0 Å². The Morgan fingerprint density at radius 3 is 2.67 bits per heavy atom. The third kappa shape index (κ3) is 2.32. The fourth-order valence-electron chi connectivity index (χ4n) is 3.05. The summed E-state index contributed by atoms with van der Waals surface area (Å²) in [5, 5.41) is 1.85. The molecule has 0 atom stereocenters. The highest BCUT2D eigenvalue weighted by Crippen LogP contribution is 2.37. The Balaban J connectivity index is 1.58. The number of anilines is 1. The second kappa shape index (κ2) is 5.09. The van der Waals surface area contributed by atoms with Crippen LogP contribution in [0, 0.1) is 6.92 Å². The third-order valence-electron chi connectivity index (χ3n) is 4.35. The van der Waals surface area contributed by atoms with Crippen molar-refractivity contribution in [2.45, 2.75) is 25.6 Å². The maximum Gasteiger partial charge on any atom is 0.186 e. The van der Waals surface area contributed by atoms with Crippen molar-refractivity contribution in [1.29, 1.82) is 0 Å². The molecule has 0 unspecified atom stereocenters. The van der Waals surface area contributed by atoms with E-state index in [2.05, 4.69) is 11.0 Å². The van der Waals surface area contributed by atoms with Crippen LogP contribution in [0.25, 0.3) is 10.2 Å². The highest BCUT2D eigenvalue weighted by Gasteiger charge is 2.40. The van der Waals surface area contributed by atoms with E-state index in [9.17, 15) is 0 Å². The number of hydrogen-bond acceptors (Lipinski definition) is 5. The lowest BCUT2D eigenvalue weighted by Gasteiger charge is -2.37. The number of aryl methyl sites for hydroxylation is 1. The van der Waals surface area contributed by atoms with E-state index in [-0.39, 0.29) is 5.79 Å². The monoisotopic (exact) mass is 324 g/mol. The molecule has 6 heteroatoms. The number of halogens is 1. The van der Waals surface area contributed by atoms with Crippen molar-refractivity contribution in [1.82, 2.24) is 4.98 Å². The molecule has 3 heterocycles. The number of piperidine rings is 1. The van der Waals surface area contributed by atoms with Crippen LogP contribution in [-0.4, -0.2) is 37.1 Å². The van der Waals surface area contributed by atoms with Crippen molar-refractivity contribution in [3.63, 3.8) is 0 Å². The van der Waals surface area contributed by atoms with Crippen LogP contribution in [0.4, 0.5) is 5.13 Å². The predicted molar refractivity (Wildman–Crippen MR) is 85.4 cm³/mol. The molecule has 0 radical (unpaired) electrons. The molecule has 0 saturated carbocycles. The van der Waals surface area contributed by atoms with E-state index in [1.807, 2.05) is 13.0 Å². The molecule has 1 aromatic heterocycles. The lowest BCUT2D eigenvalue weighted by Crippen LogP contribution is -2.45. The molecule has 4 nitrogen and oxygen atoms in total. The average molecular weight is 325 g/mol. The van der Waals surface area contributed by atoms with E-state index >= 15 is 0 Å². The molecule has 2 aliphatic rings. The summed E-state index contributed by atoms with van der Waals surface area (Å²) in [6.45, 7) is 5.32. The fraction of sp³-hybridized carbons (Fsp3) is 0.533. The second-order valence-corrected chi connectivity index (χ2v) is 7.03. The van der Waals surface area contributed by atoms with Crippen molar-refractivity contribution >= 4 is 38.3 Å². The molecule has 112 valence electrons. The van der Waals surface area contributed by atoms with Gasteiger partial charge in [-0.2, -0.15) is 0 Å². The molecule has 0 N–H and O–H groups in total. The van der Waals surface area contributed by atoms with Gasteiger partial charge in [0.05, 0.1) is 23.4 Å². The number of thiazole rings is 1. The van der Waals surface area contributed by atoms with Gasteiger partial charge in [-0.05, 0) is 24.6 Å². The summed E-state index contributed by atoms with van der Waals surface area (Å²) >= 11 is 7.91. The van der Waals surface area contributed by atoms with Crippen LogP contribution in [0.1, 0.15) is 18.4 Å². The van der Waals surface area contributed by atoms with Crippen LogP contribution < -0.4 is 4.90 Å². The quantitative estimate of drug-likeness (QED) is 0.802. The Labute approximate surface area is 132 Å². The minimum absolute atomic E-state index is 0.327. The minimum Gasteiger partial charge on any atom is -0.348 e. The van der Waals surface area contributed by atoms with Crippen LogP contribution >= 0.6 is 22.9 Å². The number of hydrogen-bond donors (Lipinski definition) is 0. The third-order valence-corrected chi connectivity index (χ3v) is 5.84. The van der Waals surface area contributed by atoms with E-state index < -0.39 is 0 Å². The van der Waals surface area contributed by atoms with Gasteiger partial charge < -0.3 is 14.4 Å².